The van der Waals surface area contributed by atoms with E-state index in [0.717, 1.165) is 0 Å². The van der Waals surface area contributed by atoms with Crippen molar-refractivity contribution in [2.75, 3.05) is 6.54 Å². The van der Waals surface area contributed by atoms with Gasteiger partial charge in [0.15, 0.2) is 0 Å². The number of nitrogens with zero attached hydrogens (tertiary/aromatic N) is 1. The zero-order valence-electron chi connectivity index (χ0n) is 10.1. The maximum Gasteiger partial charge on any atom is 0.216 e. The molecule has 3 N–H and O–H groups in total. The third kappa shape index (κ3) is 3.76. The van der Waals surface area contributed by atoms with Crippen LogP contribution in [-0.4, -0.2) is 25.2 Å². The normalized spacial score (nSPS) is 15.5. The van der Waals surface area contributed by atoms with Crippen molar-refractivity contribution < 1.29 is 8.42 Å². The molecule has 1 rings (SSSR count). The predicted octanol–water partition coefficient (Wildman–Crippen LogP) is 0.799. The lowest BCUT2D eigenvalue weighted by molar-refractivity contribution is 0.545. The van der Waals surface area contributed by atoms with Gasteiger partial charge in [0.05, 0.1) is 17.0 Å². The summed E-state index contributed by atoms with van der Waals surface area (Å²) in [5, 5.41) is -0.548. The standard InChI is InChI=1S/C11H19N3O2S/c1-3-10(8-12)17(15,16)14-9(2)11-6-4-5-7-13-11/h4-7,9-10,14H,3,8,12H2,1-2H3. The van der Waals surface area contributed by atoms with Gasteiger partial charge in [-0.05, 0) is 25.5 Å². The Kier molecular flexibility index (Phi) is 5.04. The van der Waals surface area contributed by atoms with Gasteiger partial charge in [0.2, 0.25) is 10.0 Å². The van der Waals surface area contributed by atoms with Crippen LogP contribution in [0.2, 0.25) is 0 Å². The van der Waals surface area contributed by atoms with Gasteiger partial charge in [0, 0.05) is 12.7 Å². The minimum absolute atomic E-state index is 0.126. The van der Waals surface area contributed by atoms with Crippen LogP contribution in [0.1, 0.15) is 32.0 Å². The Morgan fingerprint density at radius 1 is 1.47 bits per heavy atom. The average Bonchev–Trinajstić information content (AvgIpc) is 2.30. The SMILES string of the molecule is CCC(CN)S(=O)(=O)NC(C)c1ccccn1. The predicted molar refractivity (Wildman–Crippen MR) is 67.8 cm³/mol. The summed E-state index contributed by atoms with van der Waals surface area (Å²) in [6.07, 6.45) is 2.14. The molecular formula is C11H19N3O2S. The summed E-state index contributed by atoms with van der Waals surface area (Å²) in [6, 6.07) is 5.06. The van der Waals surface area contributed by atoms with Crippen LogP contribution in [0.5, 0.6) is 0 Å². The van der Waals surface area contributed by atoms with Crippen LogP contribution >= 0.6 is 0 Å². The number of rotatable bonds is 6. The lowest BCUT2D eigenvalue weighted by Gasteiger charge is -2.18. The Morgan fingerprint density at radius 3 is 2.65 bits per heavy atom. The van der Waals surface area contributed by atoms with Crippen molar-refractivity contribution in [3.05, 3.63) is 30.1 Å². The summed E-state index contributed by atoms with van der Waals surface area (Å²) in [5.41, 5.74) is 6.15. The van der Waals surface area contributed by atoms with E-state index >= 15 is 0 Å². The summed E-state index contributed by atoms with van der Waals surface area (Å²) in [6.45, 7) is 3.70. The van der Waals surface area contributed by atoms with Crippen LogP contribution < -0.4 is 10.5 Å². The Labute approximate surface area is 102 Å². The van der Waals surface area contributed by atoms with E-state index in [1.807, 2.05) is 13.0 Å². The van der Waals surface area contributed by atoms with Crippen molar-refractivity contribution in [2.45, 2.75) is 31.6 Å². The van der Waals surface area contributed by atoms with Crippen LogP contribution in [0.4, 0.5) is 0 Å². The molecular weight excluding hydrogens is 238 g/mol. The Morgan fingerprint density at radius 2 is 2.18 bits per heavy atom. The molecule has 1 aromatic heterocycles. The fraction of sp³-hybridized carbons (Fsp3) is 0.545. The summed E-state index contributed by atoms with van der Waals surface area (Å²) < 4.78 is 26.5. The van der Waals surface area contributed by atoms with Crippen molar-refractivity contribution in [1.29, 1.82) is 0 Å². The second-order valence-corrected chi connectivity index (χ2v) is 5.90. The highest BCUT2D eigenvalue weighted by molar-refractivity contribution is 7.90. The van der Waals surface area contributed by atoms with E-state index in [1.54, 1.807) is 25.3 Å². The molecule has 1 heterocycles. The first-order valence-electron chi connectivity index (χ1n) is 5.63. The van der Waals surface area contributed by atoms with E-state index in [-0.39, 0.29) is 12.6 Å². The summed E-state index contributed by atoms with van der Waals surface area (Å²) in [4.78, 5) is 4.12. The van der Waals surface area contributed by atoms with Gasteiger partial charge in [0.25, 0.3) is 0 Å². The van der Waals surface area contributed by atoms with E-state index in [1.165, 1.54) is 0 Å². The van der Waals surface area contributed by atoms with Gasteiger partial charge in [0.1, 0.15) is 0 Å². The van der Waals surface area contributed by atoms with Crippen LogP contribution in [-0.2, 0) is 10.0 Å². The number of pyridine rings is 1. The molecule has 0 aromatic carbocycles. The molecule has 0 amide bonds. The quantitative estimate of drug-likeness (QED) is 0.789. The van der Waals surface area contributed by atoms with Gasteiger partial charge in [-0.3, -0.25) is 4.98 Å². The Hall–Kier alpha value is -0.980. The highest BCUT2D eigenvalue weighted by Gasteiger charge is 2.24. The van der Waals surface area contributed by atoms with Gasteiger partial charge in [-0.25, -0.2) is 13.1 Å². The molecule has 2 atom stereocenters. The van der Waals surface area contributed by atoms with Crippen molar-refractivity contribution in [3.63, 3.8) is 0 Å². The highest BCUT2D eigenvalue weighted by atomic mass is 32.2. The molecule has 2 unspecified atom stereocenters. The lowest BCUT2D eigenvalue weighted by atomic mass is 10.2. The number of aromatic nitrogens is 1. The zero-order valence-corrected chi connectivity index (χ0v) is 10.9. The maximum absolute atomic E-state index is 12.0. The van der Waals surface area contributed by atoms with E-state index < -0.39 is 15.3 Å². The van der Waals surface area contributed by atoms with Crippen molar-refractivity contribution >= 4 is 10.0 Å². The molecule has 0 fully saturated rings. The number of hydrogen-bond acceptors (Lipinski definition) is 4. The summed E-state index contributed by atoms with van der Waals surface area (Å²) in [7, 11) is -3.38. The van der Waals surface area contributed by atoms with E-state index in [2.05, 4.69) is 9.71 Å². The lowest BCUT2D eigenvalue weighted by Crippen LogP contribution is -2.39. The number of hydrogen-bond donors (Lipinski definition) is 2. The molecule has 0 saturated carbocycles. The largest absolute Gasteiger partial charge is 0.329 e. The molecule has 17 heavy (non-hydrogen) atoms. The van der Waals surface area contributed by atoms with Gasteiger partial charge in [-0.2, -0.15) is 0 Å². The van der Waals surface area contributed by atoms with E-state index in [9.17, 15) is 8.42 Å². The van der Waals surface area contributed by atoms with Crippen LogP contribution in [0, 0.1) is 0 Å². The Balaban J connectivity index is 2.78. The zero-order chi connectivity index (χ0) is 12.9. The first kappa shape index (κ1) is 14.1. The molecule has 6 heteroatoms. The first-order chi connectivity index (χ1) is 8.01. The second kappa shape index (κ2) is 6.09. The molecule has 96 valence electrons. The van der Waals surface area contributed by atoms with E-state index in [4.69, 9.17) is 5.73 Å². The van der Waals surface area contributed by atoms with Crippen molar-refractivity contribution in [1.82, 2.24) is 9.71 Å². The van der Waals surface area contributed by atoms with E-state index in [0.29, 0.717) is 12.1 Å². The molecule has 0 spiro atoms. The average molecular weight is 257 g/mol. The van der Waals surface area contributed by atoms with Crippen LogP contribution in [0.3, 0.4) is 0 Å². The third-order valence-electron chi connectivity index (χ3n) is 2.63. The van der Waals surface area contributed by atoms with Crippen molar-refractivity contribution in [3.8, 4) is 0 Å². The molecule has 5 nitrogen and oxygen atoms in total. The fourth-order valence-corrected chi connectivity index (χ4v) is 3.05. The monoisotopic (exact) mass is 257 g/mol. The molecule has 0 radical (unpaired) electrons. The number of nitrogens with two attached hydrogens (primary N) is 1. The molecule has 0 aliphatic rings. The Bertz CT molecular complexity index is 429. The van der Waals surface area contributed by atoms with Crippen LogP contribution in [0.25, 0.3) is 0 Å². The van der Waals surface area contributed by atoms with Crippen molar-refractivity contribution in [2.24, 2.45) is 5.73 Å². The van der Waals surface area contributed by atoms with Gasteiger partial charge >= 0.3 is 0 Å². The first-order valence-corrected chi connectivity index (χ1v) is 7.18. The molecule has 0 aliphatic heterocycles. The smallest absolute Gasteiger partial charge is 0.216 e. The molecule has 0 bridgehead atoms. The van der Waals surface area contributed by atoms with Gasteiger partial charge in [-0.15, -0.1) is 0 Å². The summed E-state index contributed by atoms with van der Waals surface area (Å²) >= 11 is 0. The highest BCUT2D eigenvalue weighted by Crippen LogP contribution is 2.12. The second-order valence-electron chi connectivity index (χ2n) is 3.91. The van der Waals surface area contributed by atoms with Crippen LogP contribution in [0.15, 0.2) is 24.4 Å². The summed E-state index contributed by atoms with van der Waals surface area (Å²) in [5.74, 6) is 0. The maximum atomic E-state index is 12.0. The fourth-order valence-electron chi connectivity index (χ4n) is 1.55. The number of nitrogens with one attached hydrogen (secondary N) is 1. The number of sulfonamides is 1. The third-order valence-corrected chi connectivity index (χ3v) is 4.72. The molecule has 0 saturated heterocycles. The minimum Gasteiger partial charge on any atom is -0.329 e. The topological polar surface area (TPSA) is 85.1 Å². The molecule has 0 aliphatic carbocycles. The van der Waals surface area contributed by atoms with Gasteiger partial charge < -0.3 is 5.73 Å². The minimum atomic E-state index is -3.38. The van der Waals surface area contributed by atoms with Gasteiger partial charge in [-0.1, -0.05) is 13.0 Å². The molecule has 1 aromatic rings.